The van der Waals surface area contributed by atoms with Crippen molar-refractivity contribution in [1.29, 1.82) is 0 Å². The van der Waals surface area contributed by atoms with Crippen LogP contribution >= 0.6 is 0 Å². The number of rotatable bonds is 5. The number of amides is 1. The normalized spacial score (nSPS) is 11.2. The van der Waals surface area contributed by atoms with Crippen molar-refractivity contribution in [3.63, 3.8) is 0 Å². The minimum Gasteiger partial charge on any atom is -0.382 e. The van der Waals surface area contributed by atoms with Gasteiger partial charge in [0.25, 0.3) is 5.91 Å². The van der Waals surface area contributed by atoms with E-state index in [1.165, 1.54) is 0 Å². The average molecular weight is 397 g/mol. The lowest BCUT2D eigenvalue weighted by molar-refractivity contribution is 0.0954. The van der Waals surface area contributed by atoms with Crippen LogP contribution in [0.4, 0.5) is 5.82 Å². The van der Waals surface area contributed by atoms with Crippen LogP contribution < -0.4 is 11.1 Å². The predicted molar refractivity (Wildman–Crippen MR) is 115 cm³/mol. The lowest BCUT2D eigenvalue weighted by atomic mass is 10.1. The van der Waals surface area contributed by atoms with Crippen molar-refractivity contribution in [2.45, 2.75) is 6.42 Å². The SMILES string of the molecule is Nc1nc2cc(-c3ccn[nH]3)ccc2n2cc(C(=O)NCCc3ccccn3)cc12. The van der Waals surface area contributed by atoms with E-state index < -0.39 is 0 Å². The van der Waals surface area contributed by atoms with Gasteiger partial charge in [0.05, 0.1) is 27.8 Å². The van der Waals surface area contributed by atoms with Crippen molar-refractivity contribution in [2.24, 2.45) is 0 Å². The van der Waals surface area contributed by atoms with Crippen LogP contribution in [0.2, 0.25) is 0 Å². The molecule has 8 heteroatoms. The van der Waals surface area contributed by atoms with Crippen LogP contribution in [0.3, 0.4) is 0 Å². The van der Waals surface area contributed by atoms with Gasteiger partial charge in [-0.05, 0) is 36.4 Å². The van der Waals surface area contributed by atoms with Crippen molar-refractivity contribution in [2.75, 3.05) is 12.3 Å². The van der Waals surface area contributed by atoms with Crippen LogP contribution in [0, 0.1) is 0 Å². The monoisotopic (exact) mass is 397 g/mol. The zero-order chi connectivity index (χ0) is 20.5. The number of carbonyl (C=O) groups is 1. The maximum Gasteiger partial charge on any atom is 0.252 e. The van der Waals surface area contributed by atoms with Gasteiger partial charge in [-0.25, -0.2) is 4.98 Å². The van der Waals surface area contributed by atoms with Crippen molar-refractivity contribution in [3.05, 3.63) is 78.4 Å². The molecule has 1 amide bonds. The molecule has 0 aliphatic carbocycles. The van der Waals surface area contributed by atoms with E-state index in [0.717, 1.165) is 28.0 Å². The van der Waals surface area contributed by atoms with E-state index in [9.17, 15) is 4.79 Å². The molecule has 0 radical (unpaired) electrons. The van der Waals surface area contributed by atoms with Gasteiger partial charge in [0, 0.05) is 42.8 Å². The first kappa shape index (κ1) is 17.9. The average Bonchev–Trinajstić information content (AvgIpc) is 3.45. The highest BCUT2D eigenvalue weighted by atomic mass is 16.1. The summed E-state index contributed by atoms with van der Waals surface area (Å²) >= 11 is 0. The highest BCUT2D eigenvalue weighted by molar-refractivity contribution is 5.98. The standard InChI is InChI=1S/C22H19N7O/c23-21-20-12-15(22(30)25-9-6-16-3-1-2-8-24-16)13-29(20)19-5-4-14(11-18(19)27-21)17-7-10-26-28-17/h1-5,7-8,10-13H,6,9H2,(H2,23,27)(H,25,30)(H,26,28). The van der Waals surface area contributed by atoms with Crippen molar-refractivity contribution in [3.8, 4) is 11.3 Å². The molecule has 148 valence electrons. The van der Waals surface area contributed by atoms with E-state index in [2.05, 4.69) is 25.5 Å². The van der Waals surface area contributed by atoms with Crippen molar-refractivity contribution >= 4 is 28.3 Å². The van der Waals surface area contributed by atoms with Crippen LogP contribution in [0.15, 0.2) is 67.1 Å². The lowest BCUT2D eigenvalue weighted by Crippen LogP contribution is -2.25. The number of benzene rings is 1. The number of nitrogens with one attached hydrogen (secondary N) is 2. The van der Waals surface area contributed by atoms with Gasteiger partial charge in [-0.2, -0.15) is 5.10 Å². The maximum absolute atomic E-state index is 12.6. The van der Waals surface area contributed by atoms with E-state index in [0.29, 0.717) is 29.9 Å². The number of H-pyrrole nitrogens is 1. The van der Waals surface area contributed by atoms with Crippen LogP contribution in [-0.2, 0) is 6.42 Å². The summed E-state index contributed by atoms with van der Waals surface area (Å²) in [4.78, 5) is 21.4. The van der Waals surface area contributed by atoms with Gasteiger partial charge >= 0.3 is 0 Å². The van der Waals surface area contributed by atoms with Gasteiger partial charge < -0.3 is 15.5 Å². The smallest absolute Gasteiger partial charge is 0.252 e. The third-order valence-electron chi connectivity index (χ3n) is 5.03. The highest BCUT2D eigenvalue weighted by Gasteiger charge is 2.14. The van der Waals surface area contributed by atoms with E-state index in [4.69, 9.17) is 5.73 Å². The quantitative estimate of drug-likeness (QED) is 0.422. The Morgan fingerprint density at radius 2 is 2.03 bits per heavy atom. The zero-order valence-electron chi connectivity index (χ0n) is 16.0. The van der Waals surface area contributed by atoms with E-state index >= 15 is 0 Å². The number of fused-ring (bicyclic) bond motifs is 3. The molecule has 0 aliphatic rings. The number of nitrogen functional groups attached to an aromatic ring is 1. The Morgan fingerprint density at radius 3 is 2.83 bits per heavy atom. The Bertz CT molecular complexity index is 1340. The van der Waals surface area contributed by atoms with Gasteiger partial charge in [0.15, 0.2) is 0 Å². The van der Waals surface area contributed by atoms with E-state index in [-0.39, 0.29) is 5.91 Å². The number of pyridine rings is 1. The Balaban J connectivity index is 1.43. The molecule has 4 aromatic heterocycles. The van der Waals surface area contributed by atoms with Gasteiger partial charge in [-0.3, -0.25) is 14.9 Å². The topological polar surface area (TPSA) is 114 Å². The molecule has 0 fully saturated rings. The maximum atomic E-state index is 12.6. The highest BCUT2D eigenvalue weighted by Crippen LogP contribution is 2.26. The summed E-state index contributed by atoms with van der Waals surface area (Å²) in [6.07, 6.45) is 5.91. The third-order valence-corrected chi connectivity index (χ3v) is 5.03. The summed E-state index contributed by atoms with van der Waals surface area (Å²) in [5, 5.41) is 9.88. The lowest BCUT2D eigenvalue weighted by Gasteiger charge is -2.06. The fourth-order valence-electron chi connectivity index (χ4n) is 3.52. The Kier molecular flexibility index (Phi) is 4.36. The molecule has 0 spiro atoms. The Labute approximate surface area is 171 Å². The number of anilines is 1. The number of hydrogen-bond donors (Lipinski definition) is 3. The van der Waals surface area contributed by atoms with Gasteiger partial charge in [-0.15, -0.1) is 0 Å². The van der Waals surface area contributed by atoms with Crippen LogP contribution in [0.5, 0.6) is 0 Å². The first-order valence-electron chi connectivity index (χ1n) is 9.58. The molecule has 0 atom stereocenters. The molecule has 0 saturated carbocycles. The fraction of sp³-hybridized carbons (Fsp3) is 0.0909. The minimum atomic E-state index is -0.156. The largest absolute Gasteiger partial charge is 0.382 e. The second-order valence-electron chi connectivity index (χ2n) is 6.98. The summed E-state index contributed by atoms with van der Waals surface area (Å²) in [7, 11) is 0. The fourth-order valence-corrected chi connectivity index (χ4v) is 3.52. The Hall–Kier alpha value is -4.20. The molecule has 0 bridgehead atoms. The van der Waals surface area contributed by atoms with Crippen LogP contribution in [-0.4, -0.2) is 37.0 Å². The third kappa shape index (κ3) is 3.24. The summed E-state index contributed by atoms with van der Waals surface area (Å²) in [5.41, 5.74) is 11.8. The second-order valence-corrected chi connectivity index (χ2v) is 6.98. The van der Waals surface area contributed by atoms with Crippen LogP contribution in [0.1, 0.15) is 16.1 Å². The second kappa shape index (κ2) is 7.32. The zero-order valence-corrected chi connectivity index (χ0v) is 16.0. The molecule has 5 aromatic rings. The van der Waals surface area contributed by atoms with E-state index in [1.54, 1.807) is 24.7 Å². The molecule has 0 aliphatic heterocycles. The van der Waals surface area contributed by atoms with Gasteiger partial charge in [0.2, 0.25) is 0 Å². The molecule has 0 unspecified atom stereocenters. The Morgan fingerprint density at radius 1 is 1.10 bits per heavy atom. The number of nitrogens with zero attached hydrogens (tertiary/aromatic N) is 4. The van der Waals surface area contributed by atoms with Crippen molar-refractivity contribution < 1.29 is 4.79 Å². The number of aromatic nitrogens is 5. The van der Waals surface area contributed by atoms with Gasteiger partial charge in [-0.1, -0.05) is 12.1 Å². The molecule has 1 aromatic carbocycles. The molecule has 4 heterocycles. The summed E-state index contributed by atoms with van der Waals surface area (Å²) in [6, 6.07) is 15.3. The van der Waals surface area contributed by atoms with Gasteiger partial charge in [0.1, 0.15) is 5.82 Å². The first-order chi connectivity index (χ1) is 14.7. The predicted octanol–water partition coefficient (Wildman–Crippen LogP) is 2.83. The molecule has 4 N–H and O–H groups in total. The molecule has 5 rings (SSSR count). The number of aromatic amines is 1. The summed E-state index contributed by atoms with van der Waals surface area (Å²) in [6.45, 7) is 0.504. The van der Waals surface area contributed by atoms with Crippen LogP contribution in [0.25, 0.3) is 27.8 Å². The van der Waals surface area contributed by atoms with E-state index in [1.807, 2.05) is 46.9 Å². The number of nitrogens with two attached hydrogens (primary N) is 1. The molecular weight excluding hydrogens is 378 g/mol. The summed E-state index contributed by atoms with van der Waals surface area (Å²) in [5.74, 6) is 0.216. The molecule has 30 heavy (non-hydrogen) atoms. The minimum absolute atomic E-state index is 0.156. The molecular formula is C22H19N7O. The first-order valence-corrected chi connectivity index (χ1v) is 9.58. The summed E-state index contributed by atoms with van der Waals surface area (Å²) < 4.78 is 1.90. The molecule has 0 saturated heterocycles. The number of hydrogen-bond acceptors (Lipinski definition) is 5. The number of carbonyl (C=O) groups excluding carboxylic acids is 1. The van der Waals surface area contributed by atoms with Crippen molar-refractivity contribution in [1.82, 2.24) is 29.9 Å². The molecule has 8 nitrogen and oxygen atoms in total.